The summed E-state index contributed by atoms with van der Waals surface area (Å²) in [6.45, 7) is 1.98. The molecule has 2 aromatic carbocycles. The number of nitrogens with one attached hydrogen (secondary N) is 1. The third kappa shape index (κ3) is 4.20. The molecule has 0 aliphatic heterocycles. The average Bonchev–Trinajstić information content (AvgIpc) is 2.64. The van der Waals surface area contributed by atoms with Gasteiger partial charge < -0.3 is 10.1 Å². The normalized spacial score (nSPS) is 10.3. The summed E-state index contributed by atoms with van der Waals surface area (Å²) in [6.07, 6.45) is 1.57. The van der Waals surface area contributed by atoms with Crippen LogP contribution in [0.25, 0.3) is 0 Å². The van der Waals surface area contributed by atoms with E-state index in [-0.39, 0.29) is 17.6 Å². The van der Waals surface area contributed by atoms with E-state index in [2.05, 4.69) is 10.3 Å². The summed E-state index contributed by atoms with van der Waals surface area (Å²) in [5.41, 5.74) is 1.70. The van der Waals surface area contributed by atoms with E-state index in [9.17, 15) is 9.18 Å². The van der Waals surface area contributed by atoms with E-state index in [1.165, 1.54) is 6.07 Å². The van der Waals surface area contributed by atoms with Crippen LogP contribution in [0, 0.1) is 12.7 Å². The molecule has 0 unspecified atom stereocenters. The Morgan fingerprint density at radius 3 is 2.68 bits per heavy atom. The molecule has 0 aliphatic carbocycles. The number of aryl methyl sites for hydroxylation is 1. The van der Waals surface area contributed by atoms with Crippen LogP contribution in [0.1, 0.15) is 21.5 Å². The fourth-order valence-electron chi connectivity index (χ4n) is 2.34. The maximum Gasteiger partial charge on any atom is 0.257 e. The molecule has 5 heteroatoms. The third-order valence-corrected chi connectivity index (χ3v) is 3.65. The van der Waals surface area contributed by atoms with Gasteiger partial charge in [-0.1, -0.05) is 30.3 Å². The first kappa shape index (κ1) is 16.6. The van der Waals surface area contributed by atoms with Crippen molar-refractivity contribution < 1.29 is 13.9 Å². The monoisotopic (exact) mass is 336 g/mol. The highest BCUT2D eigenvalue weighted by Crippen LogP contribution is 2.22. The zero-order valence-corrected chi connectivity index (χ0v) is 13.7. The molecule has 3 rings (SSSR count). The Hall–Kier alpha value is -3.21. The third-order valence-electron chi connectivity index (χ3n) is 3.65. The number of benzene rings is 2. The van der Waals surface area contributed by atoms with Crippen molar-refractivity contribution in [3.05, 3.63) is 89.4 Å². The molecule has 0 atom stereocenters. The molecule has 1 heterocycles. The number of hydrogen-bond acceptors (Lipinski definition) is 3. The number of aromatic nitrogens is 1. The van der Waals surface area contributed by atoms with Gasteiger partial charge in [0.25, 0.3) is 5.91 Å². The van der Waals surface area contributed by atoms with Crippen LogP contribution in [0.5, 0.6) is 11.6 Å². The second kappa shape index (κ2) is 7.57. The molecule has 0 fully saturated rings. The Labute approximate surface area is 145 Å². The van der Waals surface area contributed by atoms with E-state index in [4.69, 9.17) is 4.74 Å². The Bertz CT molecular complexity index is 882. The molecule has 0 radical (unpaired) electrons. The lowest BCUT2D eigenvalue weighted by Crippen LogP contribution is -2.23. The summed E-state index contributed by atoms with van der Waals surface area (Å²) >= 11 is 0. The van der Waals surface area contributed by atoms with Crippen LogP contribution in [0.15, 0.2) is 66.9 Å². The van der Waals surface area contributed by atoms with Gasteiger partial charge in [-0.25, -0.2) is 9.37 Å². The Morgan fingerprint density at radius 2 is 1.92 bits per heavy atom. The van der Waals surface area contributed by atoms with Crippen LogP contribution in [0.4, 0.5) is 4.39 Å². The van der Waals surface area contributed by atoms with Crippen LogP contribution >= 0.6 is 0 Å². The lowest BCUT2D eigenvalue weighted by atomic mass is 10.1. The van der Waals surface area contributed by atoms with Gasteiger partial charge in [-0.3, -0.25) is 4.79 Å². The molecular formula is C20H17FN2O2. The van der Waals surface area contributed by atoms with Gasteiger partial charge >= 0.3 is 0 Å². The lowest BCUT2D eigenvalue weighted by Gasteiger charge is -2.10. The molecule has 3 aromatic rings. The van der Waals surface area contributed by atoms with Crippen LogP contribution in [0.2, 0.25) is 0 Å². The van der Waals surface area contributed by atoms with Crippen molar-refractivity contribution in [2.75, 3.05) is 0 Å². The van der Waals surface area contributed by atoms with Gasteiger partial charge in [-0.2, -0.15) is 0 Å². The van der Waals surface area contributed by atoms with Gasteiger partial charge in [-0.15, -0.1) is 0 Å². The first-order valence-electron chi connectivity index (χ1n) is 7.84. The minimum absolute atomic E-state index is 0.237. The summed E-state index contributed by atoms with van der Waals surface area (Å²) in [6, 6.07) is 17.2. The standard InChI is InChI=1S/C20H17FN2O2/c1-14-12-15(9-10-18(14)21)13-23-19(24)17-8-5-11-22-20(17)25-16-6-3-2-4-7-16/h2-12H,13H2,1H3,(H,23,24). The fraction of sp³-hybridized carbons (Fsp3) is 0.100. The predicted molar refractivity (Wildman–Crippen MR) is 93.1 cm³/mol. The van der Waals surface area contributed by atoms with E-state index < -0.39 is 0 Å². The molecule has 0 aliphatic rings. The van der Waals surface area contributed by atoms with Crippen LogP contribution < -0.4 is 10.1 Å². The first-order valence-corrected chi connectivity index (χ1v) is 7.84. The number of amides is 1. The van der Waals surface area contributed by atoms with Crippen molar-refractivity contribution >= 4 is 5.91 Å². The molecule has 1 amide bonds. The molecule has 0 bridgehead atoms. The number of hydrogen-bond donors (Lipinski definition) is 1. The number of pyridine rings is 1. The zero-order valence-electron chi connectivity index (χ0n) is 13.7. The van der Waals surface area contributed by atoms with Crippen molar-refractivity contribution in [1.82, 2.24) is 10.3 Å². The van der Waals surface area contributed by atoms with Crippen molar-refractivity contribution in [2.45, 2.75) is 13.5 Å². The molecule has 126 valence electrons. The van der Waals surface area contributed by atoms with Gasteiger partial charge in [0.2, 0.25) is 5.88 Å². The van der Waals surface area contributed by atoms with Crippen molar-refractivity contribution in [3.8, 4) is 11.6 Å². The molecule has 0 saturated heterocycles. The smallest absolute Gasteiger partial charge is 0.257 e. The summed E-state index contributed by atoms with van der Waals surface area (Å²) in [5, 5.41) is 2.81. The maximum atomic E-state index is 13.3. The predicted octanol–water partition coefficient (Wildman–Crippen LogP) is 4.25. The summed E-state index contributed by atoms with van der Waals surface area (Å²) in [5.74, 6) is 0.271. The van der Waals surface area contributed by atoms with Crippen LogP contribution in [0.3, 0.4) is 0 Å². The van der Waals surface area contributed by atoms with Crippen molar-refractivity contribution in [2.24, 2.45) is 0 Å². The molecule has 1 N–H and O–H groups in total. The fourth-order valence-corrected chi connectivity index (χ4v) is 2.34. The minimum atomic E-state index is -0.305. The number of ether oxygens (including phenoxy) is 1. The number of nitrogens with zero attached hydrogens (tertiary/aromatic N) is 1. The van der Waals surface area contributed by atoms with Crippen molar-refractivity contribution in [1.29, 1.82) is 0 Å². The van der Waals surface area contributed by atoms with Gasteiger partial charge in [0.1, 0.15) is 17.1 Å². The Kier molecular flexibility index (Phi) is 5.04. The highest BCUT2D eigenvalue weighted by Gasteiger charge is 2.14. The van der Waals surface area contributed by atoms with Gasteiger partial charge in [0.15, 0.2) is 0 Å². The van der Waals surface area contributed by atoms with E-state index >= 15 is 0 Å². The second-order valence-electron chi connectivity index (χ2n) is 5.54. The van der Waals surface area contributed by atoms with Crippen LogP contribution in [-0.2, 0) is 6.54 Å². The number of carbonyl (C=O) groups is 1. The topological polar surface area (TPSA) is 51.2 Å². The summed E-state index contributed by atoms with van der Waals surface area (Å²) < 4.78 is 19.0. The summed E-state index contributed by atoms with van der Waals surface area (Å²) in [7, 11) is 0. The zero-order chi connectivity index (χ0) is 17.6. The second-order valence-corrected chi connectivity index (χ2v) is 5.54. The van der Waals surface area contributed by atoms with Crippen molar-refractivity contribution in [3.63, 3.8) is 0 Å². The van der Waals surface area contributed by atoms with E-state index in [0.717, 1.165) is 5.56 Å². The molecule has 1 aromatic heterocycles. The lowest BCUT2D eigenvalue weighted by molar-refractivity contribution is 0.0948. The SMILES string of the molecule is Cc1cc(CNC(=O)c2cccnc2Oc2ccccc2)ccc1F. The molecule has 4 nitrogen and oxygen atoms in total. The van der Waals surface area contributed by atoms with Gasteiger partial charge in [0.05, 0.1) is 0 Å². The highest BCUT2D eigenvalue weighted by molar-refractivity contribution is 5.96. The molecule has 0 spiro atoms. The average molecular weight is 336 g/mol. The molecule has 25 heavy (non-hydrogen) atoms. The Balaban J connectivity index is 1.72. The van der Waals surface area contributed by atoms with E-state index in [1.54, 1.807) is 49.5 Å². The highest BCUT2D eigenvalue weighted by atomic mass is 19.1. The van der Waals surface area contributed by atoms with Gasteiger partial charge in [-0.05, 0) is 48.4 Å². The van der Waals surface area contributed by atoms with E-state index in [0.29, 0.717) is 23.4 Å². The summed E-state index contributed by atoms with van der Waals surface area (Å²) in [4.78, 5) is 16.6. The number of carbonyl (C=O) groups excluding carboxylic acids is 1. The largest absolute Gasteiger partial charge is 0.438 e. The van der Waals surface area contributed by atoms with E-state index in [1.807, 2.05) is 18.2 Å². The van der Waals surface area contributed by atoms with Gasteiger partial charge in [0, 0.05) is 12.7 Å². The number of para-hydroxylation sites is 1. The first-order chi connectivity index (χ1) is 12.1. The molecule has 0 saturated carbocycles. The maximum absolute atomic E-state index is 13.3. The molecular weight excluding hydrogens is 319 g/mol. The quantitative estimate of drug-likeness (QED) is 0.758. The van der Waals surface area contributed by atoms with Crippen LogP contribution in [-0.4, -0.2) is 10.9 Å². The minimum Gasteiger partial charge on any atom is -0.438 e. The number of rotatable bonds is 5. The Morgan fingerprint density at radius 1 is 1.12 bits per heavy atom. The number of halogens is 1.